The number of carbonyl (C=O) groups is 1. The Balaban J connectivity index is 1.68. The number of rotatable bonds is 5. The van der Waals surface area contributed by atoms with E-state index < -0.39 is 0 Å². The topological polar surface area (TPSA) is 23.6 Å². The molecule has 3 rings (SSSR count). The maximum Gasteiger partial charge on any atom is 0.234 e. The van der Waals surface area contributed by atoms with Gasteiger partial charge in [0.05, 0.1) is 5.41 Å². The Morgan fingerprint density at radius 1 is 1.38 bits per heavy atom. The molecule has 21 heavy (non-hydrogen) atoms. The first kappa shape index (κ1) is 15.0. The first-order valence-electron chi connectivity index (χ1n) is 7.99. The number of likely N-dealkylation sites (N-methyl/N-ethyl adjacent to an activating group) is 1. The van der Waals surface area contributed by atoms with Crippen molar-refractivity contribution in [3.8, 4) is 0 Å². The maximum atomic E-state index is 13.1. The van der Waals surface area contributed by atoms with Crippen LogP contribution in [-0.2, 0) is 10.2 Å². The number of nitrogens with zero attached hydrogens (tertiary/aromatic N) is 2. The summed E-state index contributed by atoms with van der Waals surface area (Å²) in [4.78, 5) is 18.7. The van der Waals surface area contributed by atoms with Crippen molar-refractivity contribution in [1.29, 1.82) is 0 Å². The van der Waals surface area contributed by atoms with Crippen molar-refractivity contribution in [1.82, 2.24) is 9.80 Å². The molecule has 0 spiro atoms. The quantitative estimate of drug-likeness (QED) is 0.835. The van der Waals surface area contributed by atoms with Crippen LogP contribution in [0.25, 0.3) is 0 Å². The molecule has 2 heterocycles. The molecule has 116 valence electrons. The molecule has 1 amide bonds. The zero-order valence-corrected chi connectivity index (χ0v) is 14.2. The van der Waals surface area contributed by atoms with Gasteiger partial charge in [-0.2, -0.15) is 0 Å². The third kappa shape index (κ3) is 2.53. The van der Waals surface area contributed by atoms with Crippen LogP contribution in [0.1, 0.15) is 38.0 Å². The molecule has 2 aliphatic rings. The molecular weight excluding hydrogens is 280 g/mol. The summed E-state index contributed by atoms with van der Waals surface area (Å²) in [6, 6.07) is 4.19. The van der Waals surface area contributed by atoms with E-state index in [1.807, 2.05) is 11.9 Å². The lowest BCUT2D eigenvalue weighted by Gasteiger charge is -2.27. The molecule has 4 heteroatoms. The van der Waals surface area contributed by atoms with E-state index in [0.29, 0.717) is 5.91 Å². The molecule has 1 aliphatic carbocycles. The summed E-state index contributed by atoms with van der Waals surface area (Å²) < 4.78 is 0. The van der Waals surface area contributed by atoms with Crippen LogP contribution in [0, 0.1) is 5.41 Å². The van der Waals surface area contributed by atoms with Crippen molar-refractivity contribution >= 4 is 17.2 Å². The molecule has 1 aromatic heterocycles. The van der Waals surface area contributed by atoms with Crippen LogP contribution in [0.5, 0.6) is 0 Å². The van der Waals surface area contributed by atoms with E-state index >= 15 is 0 Å². The highest BCUT2D eigenvalue weighted by molar-refractivity contribution is 7.10. The lowest BCUT2D eigenvalue weighted by atomic mass is 9.92. The average molecular weight is 306 g/mol. The number of likely N-dealkylation sites (tertiary alicyclic amines) is 1. The van der Waals surface area contributed by atoms with Crippen molar-refractivity contribution in [3.05, 3.63) is 22.4 Å². The fourth-order valence-electron chi connectivity index (χ4n) is 3.76. The summed E-state index contributed by atoms with van der Waals surface area (Å²) in [6.45, 7) is 8.70. The molecule has 1 saturated carbocycles. The third-order valence-electron chi connectivity index (χ3n) is 5.34. The van der Waals surface area contributed by atoms with Crippen molar-refractivity contribution in [2.45, 2.75) is 38.5 Å². The van der Waals surface area contributed by atoms with Crippen LogP contribution in [0.3, 0.4) is 0 Å². The normalized spacial score (nSPS) is 27.8. The molecule has 0 aromatic carbocycles. The monoisotopic (exact) mass is 306 g/mol. The van der Waals surface area contributed by atoms with Crippen LogP contribution in [-0.4, -0.2) is 48.9 Å². The van der Waals surface area contributed by atoms with Gasteiger partial charge < -0.3 is 9.80 Å². The summed E-state index contributed by atoms with van der Waals surface area (Å²) >= 11 is 1.73. The van der Waals surface area contributed by atoms with Gasteiger partial charge in [-0.25, -0.2) is 0 Å². The lowest BCUT2D eigenvalue weighted by Crippen LogP contribution is -2.42. The van der Waals surface area contributed by atoms with Gasteiger partial charge in [-0.3, -0.25) is 4.79 Å². The Morgan fingerprint density at radius 2 is 2.05 bits per heavy atom. The van der Waals surface area contributed by atoms with Crippen LogP contribution >= 0.6 is 11.3 Å². The highest BCUT2D eigenvalue weighted by Gasteiger charge is 2.68. The lowest BCUT2D eigenvalue weighted by molar-refractivity contribution is -0.133. The third-order valence-corrected chi connectivity index (χ3v) is 6.37. The van der Waals surface area contributed by atoms with Gasteiger partial charge in [-0.1, -0.05) is 19.9 Å². The van der Waals surface area contributed by atoms with Crippen LogP contribution in [0.4, 0.5) is 0 Å². The zero-order chi connectivity index (χ0) is 15.1. The predicted octanol–water partition coefficient (Wildman–Crippen LogP) is 2.97. The second-order valence-corrected chi connectivity index (χ2v) is 8.17. The minimum absolute atomic E-state index is 0.0941. The number of amides is 1. The number of carbonyl (C=O) groups excluding carboxylic acids is 1. The van der Waals surface area contributed by atoms with Crippen LogP contribution < -0.4 is 0 Å². The van der Waals surface area contributed by atoms with Crippen LogP contribution in [0.2, 0.25) is 0 Å². The Hall–Kier alpha value is -0.870. The van der Waals surface area contributed by atoms with Gasteiger partial charge in [0.2, 0.25) is 5.91 Å². The Labute approximate surface area is 131 Å². The Bertz CT molecular complexity index is 505. The average Bonchev–Trinajstić information content (AvgIpc) is 2.97. The summed E-state index contributed by atoms with van der Waals surface area (Å²) in [5.74, 6) is 0.314. The van der Waals surface area contributed by atoms with E-state index in [0.717, 1.165) is 19.5 Å². The van der Waals surface area contributed by atoms with Gasteiger partial charge in [-0.05, 0) is 49.2 Å². The number of hydrogen-bond acceptors (Lipinski definition) is 3. The minimum atomic E-state index is -0.263. The minimum Gasteiger partial charge on any atom is -0.344 e. The molecule has 0 bridgehead atoms. The fraction of sp³-hybridized carbons (Fsp3) is 0.706. The van der Waals surface area contributed by atoms with Gasteiger partial charge in [0.15, 0.2) is 0 Å². The first-order chi connectivity index (χ1) is 9.97. The second-order valence-electron chi connectivity index (χ2n) is 7.22. The van der Waals surface area contributed by atoms with Crippen molar-refractivity contribution < 1.29 is 4.79 Å². The molecule has 1 aliphatic heterocycles. The highest BCUT2D eigenvalue weighted by Crippen LogP contribution is 2.65. The molecule has 1 aromatic rings. The summed E-state index contributed by atoms with van der Waals surface area (Å²) in [6.07, 6.45) is 3.60. The van der Waals surface area contributed by atoms with E-state index in [9.17, 15) is 4.79 Å². The number of hydrogen-bond donors (Lipinski definition) is 0. The second kappa shape index (κ2) is 5.40. The summed E-state index contributed by atoms with van der Waals surface area (Å²) in [5.41, 5.74) is -0.169. The van der Waals surface area contributed by atoms with Gasteiger partial charge >= 0.3 is 0 Å². The molecule has 1 saturated heterocycles. The van der Waals surface area contributed by atoms with E-state index in [2.05, 4.69) is 36.3 Å². The van der Waals surface area contributed by atoms with Gasteiger partial charge in [0.25, 0.3) is 0 Å². The largest absolute Gasteiger partial charge is 0.344 e. The maximum absolute atomic E-state index is 13.1. The molecular formula is C17H26N2OS. The summed E-state index contributed by atoms with van der Waals surface area (Å²) in [7, 11) is 1.97. The molecule has 0 N–H and O–H groups in total. The SMILES string of the molecule is CN(CCN1CCCC1)C(=O)C1(c2cccs2)CC1(C)C. The Kier molecular flexibility index (Phi) is 3.87. The summed E-state index contributed by atoms with van der Waals surface area (Å²) in [5, 5.41) is 2.09. The zero-order valence-electron chi connectivity index (χ0n) is 13.4. The van der Waals surface area contributed by atoms with Crippen molar-refractivity contribution in [2.24, 2.45) is 5.41 Å². The number of thiophene rings is 1. The fourth-order valence-corrected chi connectivity index (χ4v) is 4.85. The van der Waals surface area contributed by atoms with E-state index in [4.69, 9.17) is 0 Å². The molecule has 1 unspecified atom stereocenters. The van der Waals surface area contributed by atoms with E-state index in [1.165, 1.54) is 30.8 Å². The predicted molar refractivity (Wildman–Crippen MR) is 87.7 cm³/mol. The molecule has 1 atom stereocenters. The first-order valence-corrected chi connectivity index (χ1v) is 8.87. The van der Waals surface area contributed by atoms with Crippen molar-refractivity contribution in [2.75, 3.05) is 33.2 Å². The highest BCUT2D eigenvalue weighted by atomic mass is 32.1. The van der Waals surface area contributed by atoms with Gasteiger partial charge in [0, 0.05) is 25.0 Å². The van der Waals surface area contributed by atoms with E-state index in [1.54, 1.807) is 11.3 Å². The van der Waals surface area contributed by atoms with Gasteiger partial charge in [0.1, 0.15) is 0 Å². The molecule has 3 nitrogen and oxygen atoms in total. The van der Waals surface area contributed by atoms with Crippen molar-refractivity contribution in [3.63, 3.8) is 0 Å². The molecule has 2 fully saturated rings. The smallest absolute Gasteiger partial charge is 0.234 e. The van der Waals surface area contributed by atoms with Gasteiger partial charge in [-0.15, -0.1) is 11.3 Å². The standard InChI is InChI=1S/C17H26N2OS/c1-16(2)13-17(16,14-7-6-12-21-14)15(20)18(3)10-11-19-8-4-5-9-19/h6-7,12H,4-5,8-11,13H2,1-3H3. The van der Waals surface area contributed by atoms with Crippen LogP contribution in [0.15, 0.2) is 17.5 Å². The Morgan fingerprint density at radius 3 is 2.57 bits per heavy atom. The molecule has 0 radical (unpaired) electrons. The van der Waals surface area contributed by atoms with E-state index in [-0.39, 0.29) is 10.8 Å².